The molecule has 0 radical (unpaired) electrons. The summed E-state index contributed by atoms with van der Waals surface area (Å²) >= 11 is 0. The van der Waals surface area contributed by atoms with E-state index in [0.29, 0.717) is 25.6 Å². The number of ether oxygens (including phenoxy) is 4. The van der Waals surface area contributed by atoms with Gasteiger partial charge < -0.3 is 28.3 Å². The summed E-state index contributed by atoms with van der Waals surface area (Å²) in [6.45, 7) is 13.8. The van der Waals surface area contributed by atoms with Crippen LogP contribution in [0.3, 0.4) is 0 Å². The molecule has 0 unspecified atom stereocenters. The van der Waals surface area contributed by atoms with Gasteiger partial charge >= 0.3 is 7.12 Å². The summed E-state index contributed by atoms with van der Waals surface area (Å²) in [4.78, 5) is 0. The Labute approximate surface area is 168 Å². The van der Waals surface area contributed by atoms with Crippen molar-refractivity contribution in [1.29, 1.82) is 0 Å². The minimum absolute atomic E-state index is 0.150. The highest BCUT2D eigenvalue weighted by molar-refractivity contribution is 6.63. The summed E-state index contributed by atoms with van der Waals surface area (Å²) in [7, 11) is -0.516. The van der Waals surface area contributed by atoms with E-state index in [-0.39, 0.29) is 13.6 Å². The van der Waals surface area contributed by atoms with Crippen molar-refractivity contribution in [2.75, 3.05) is 33.4 Å². The van der Waals surface area contributed by atoms with Gasteiger partial charge in [-0.15, -0.1) is 0 Å². The van der Waals surface area contributed by atoms with Crippen molar-refractivity contribution in [2.24, 2.45) is 0 Å². The summed E-state index contributed by atoms with van der Waals surface area (Å²) in [5.41, 5.74) is 0.777. The molecule has 154 valence electrons. The SMILES string of the molecule is CCOCOCC#Cc1ccc(B2OC(C)(C)C(C)(C)O2)c(OCOCC)c1. The van der Waals surface area contributed by atoms with Crippen LogP contribution >= 0.6 is 0 Å². The molecule has 28 heavy (non-hydrogen) atoms. The third kappa shape index (κ3) is 5.97. The molecule has 0 aromatic heterocycles. The van der Waals surface area contributed by atoms with E-state index < -0.39 is 18.3 Å². The minimum atomic E-state index is -0.516. The molecule has 1 aromatic rings. The number of hydrogen-bond donors (Lipinski definition) is 0. The molecule has 1 fully saturated rings. The summed E-state index contributed by atoms with van der Waals surface area (Å²) in [5, 5.41) is 0. The number of hydrogen-bond acceptors (Lipinski definition) is 6. The number of benzene rings is 1. The standard InChI is InChI=1S/C21H31BO6/c1-7-23-15-25-13-9-10-17-11-12-18(19(14-17)26-16-24-8-2)22-27-20(3,4)21(5,6)28-22/h11-12,14H,7-8,13,15-16H2,1-6H3. The third-order valence-electron chi connectivity index (χ3n) is 4.80. The molecule has 0 saturated carbocycles. The van der Waals surface area contributed by atoms with Gasteiger partial charge in [-0.1, -0.05) is 17.9 Å². The first-order chi connectivity index (χ1) is 13.3. The predicted octanol–water partition coefficient (Wildman–Crippen LogP) is 2.72. The average Bonchev–Trinajstić information content (AvgIpc) is 2.86. The Morgan fingerprint density at radius 1 is 0.929 bits per heavy atom. The second kappa shape index (κ2) is 10.3. The first kappa shape index (κ1) is 22.7. The molecular formula is C21H31BO6. The van der Waals surface area contributed by atoms with Gasteiger partial charge in [0.1, 0.15) is 19.1 Å². The fourth-order valence-corrected chi connectivity index (χ4v) is 2.46. The van der Waals surface area contributed by atoms with Gasteiger partial charge in [-0.25, -0.2) is 0 Å². The molecule has 1 heterocycles. The Morgan fingerprint density at radius 2 is 1.57 bits per heavy atom. The first-order valence-electron chi connectivity index (χ1n) is 9.65. The van der Waals surface area contributed by atoms with E-state index in [1.54, 1.807) is 0 Å². The quantitative estimate of drug-likeness (QED) is 0.280. The highest BCUT2D eigenvalue weighted by Crippen LogP contribution is 2.37. The lowest BCUT2D eigenvalue weighted by Gasteiger charge is -2.32. The lowest BCUT2D eigenvalue weighted by atomic mass is 9.78. The van der Waals surface area contributed by atoms with Crippen LogP contribution in [0.2, 0.25) is 0 Å². The van der Waals surface area contributed by atoms with Crippen molar-refractivity contribution in [3.8, 4) is 17.6 Å². The fraction of sp³-hybridized carbons (Fsp3) is 0.619. The Morgan fingerprint density at radius 3 is 2.21 bits per heavy atom. The second-order valence-corrected chi connectivity index (χ2v) is 7.36. The largest absolute Gasteiger partial charge is 0.498 e. The van der Waals surface area contributed by atoms with E-state index in [1.165, 1.54) is 0 Å². The van der Waals surface area contributed by atoms with Crippen LogP contribution < -0.4 is 10.2 Å². The van der Waals surface area contributed by atoms with Crippen LogP contribution in [0.15, 0.2) is 18.2 Å². The second-order valence-electron chi connectivity index (χ2n) is 7.36. The van der Waals surface area contributed by atoms with Gasteiger partial charge in [0.25, 0.3) is 0 Å². The zero-order valence-corrected chi connectivity index (χ0v) is 17.8. The van der Waals surface area contributed by atoms with E-state index in [1.807, 2.05) is 59.7 Å². The van der Waals surface area contributed by atoms with E-state index in [2.05, 4.69) is 11.8 Å². The highest BCUT2D eigenvalue weighted by atomic mass is 16.7. The van der Waals surface area contributed by atoms with Crippen LogP contribution in [-0.4, -0.2) is 51.7 Å². The minimum Gasteiger partial charge on any atom is -0.468 e. The maximum atomic E-state index is 6.16. The van der Waals surface area contributed by atoms with Crippen molar-refractivity contribution in [3.05, 3.63) is 23.8 Å². The van der Waals surface area contributed by atoms with E-state index in [4.69, 9.17) is 28.3 Å². The average molecular weight is 390 g/mol. The molecule has 6 nitrogen and oxygen atoms in total. The molecule has 1 saturated heterocycles. The summed E-state index contributed by atoms with van der Waals surface area (Å²) in [5.74, 6) is 6.67. The zero-order valence-electron chi connectivity index (χ0n) is 17.8. The summed E-state index contributed by atoms with van der Waals surface area (Å²) in [6, 6.07) is 5.72. The van der Waals surface area contributed by atoms with Crippen molar-refractivity contribution >= 4 is 12.6 Å². The van der Waals surface area contributed by atoms with Gasteiger partial charge in [-0.2, -0.15) is 0 Å². The third-order valence-corrected chi connectivity index (χ3v) is 4.80. The van der Waals surface area contributed by atoms with Crippen LogP contribution in [0.5, 0.6) is 5.75 Å². The van der Waals surface area contributed by atoms with Crippen molar-refractivity contribution in [3.63, 3.8) is 0 Å². The Kier molecular flexibility index (Phi) is 8.35. The molecule has 1 aliphatic heterocycles. The molecule has 7 heteroatoms. The van der Waals surface area contributed by atoms with Crippen LogP contribution in [-0.2, 0) is 23.5 Å². The van der Waals surface area contributed by atoms with E-state index in [0.717, 1.165) is 11.0 Å². The smallest absolute Gasteiger partial charge is 0.468 e. The fourth-order valence-electron chi connectivity index (χ4n) is 2.46. The molecular weight excluding hydrogens is 359 g/mol. The van der Waals surface area contributed by atoms with E-state index >= 15 is 0 Å². The van der Waals surface area contributed by atoms with Crippen molar-refractivity contribution < 1.29 is 28.3 Å². The Hall–Kier alpha value is -1.56. The monoisotopic (exact) mass is 390 g/mol. The Balaban J connectivity index is 2.15. The van der Waals surface area contributed by atoms with Crippen LogP contribution in [0.1, 0.15) is 47.1 Å². The van der Waals surface area contributed by atoms with Crippen molar-refractivity contribution in [1.82, 2.24) is 0 Å². The van der Waals surface area contributed by atoms with Crippen LogP contribution in [0, 0.1) is 11.8 Å². The first-order valence-corrected chi connectivity index (χ1v) is 9.65. The number of rotatable bonds is 9. The Bertz CT molecular complexity index is 676. The molecule has 0 bridgehead atoms. The molecule has 0 N–H and O–H groups in total. The van der Waals surface area contributed by atoms with Gasteiger partial charge in [-0.05, 0) is 53.7 Å². The highest BCUT2D eigenvalue weighted by Gasteiger charge is 2.52. The van der Waals surface area contributed by atoms with Crippen molar-refractivity contribution in [2.45, 2.75) is 52.7 Å². The normalized spacial score (nSPS) is 17.3. The van der Waals surface area contributed by atoms with Gasteiger partial charge in [0.15, 0.2) is 6.79 Å². The molecule has 0 spiro atoms. The zero-order chi connectivity index (χ0) is 20.6. The maximum Gasteiger partial charge on any atom is 0.498 e. The van der Waals surface area contributed by atoms with Crippen LogP contribution in [0.4, 0.5) is 0 Å². The topological polar surface area (TPSA) is 55.4 Å². The molecule has 1 aliphatic rings. The molecule has 1 aromatic carbocycles. The molecule has 0 amide bonds. The van der Waals surface area contributed by atoms with E-state index in [9.17, 15) is 0 Å². The molecule has 2 rings (SSSR count). The van der Waals surface area contributed by atoms with Gasteiger partial charge in [-0.3, -0.25) is 0 Å². The van der Waals surface area contributed by atoms with Gasteiger partial charge in [0.2, 0.25) is 0 Å². The lowest BCUT2D eigenvalue weighted by Crippen LogP contribution is -2.41. The summed E-state index contributed by atoms with van der Waals surface area (Å²) in [6.07, 6.45) is 0. The molecule has 0 aliphatic carbocycles. The van der Waals surface area contributed by atoms with Crippen LogP contribution in [0.25, 0.3) is 0 Å². The molecule has 0 atom stereocenters. The van der Waals surface area contributed by atoms with Gasteiger partial charge in [0, 0.05) is 24.2 Å². The maximum absolute atomic E-state index is 6.16. The predicted molar refractivity (Wildman–Crippen MR) is 109 cm³/mol. The lowest BCUT2D eigenvalue weighted by molar-refractivity contribution is -0.0371. The van der Waals surface area contributed by atoms with Gasteiger partial charge in [0.05, 0.1) is 11.2 Å². The summed E-state index contributed by atoms with van der Waals surface area (Å²) < 4.78 is 33.9.